The molecule has 0 saturated carbocycles. The SMILES string of the molecule is CC(C)(C)c1noc(CCCC(=O)NCC2Cc3ccccc3O2)n1. The quantitative estimate of drug-likeness (QED) is 0.873. The Hall–Kier alpha value is -2.37. The van der Waals surface area contributed by atoms with Crippen LogP contribution in [-0.4, -0.2) is 28.7 Å². The van der Waals surface area contributed by atoms with Crippen molar-refractivity contribution in [2.24, 2.45) is 0 Å². The summed E-state index contributed by atoms with van der Waals surface area (Å²) >= 11 is 0. The van der Waals surface area contributed by atoms with E-state index in [2.05, 4.69) is 21.5 Å². The maximum Gasteiger partial charge on any atom is 0.226 e. The first-order valence-corrected chi connectivity index (χ1v) is 8.76. The van der Waals surface area contributed by atoms with Crippen molar-refractivity contribution < 1.29 is 14.1 Å². The first kappa shape index (κ1) is 17.5. The van der Waals surface area contributed by atoms with Crippen LogP contribution in [0.25, 0.3) is 0 Å². The summed E-state index contributed by atoms with van der Waals surface area (Å²) in [5.74, 6) is 2.24. The van der Waals surface area contributed by atoms with Gasteiger partial charge in [-0.15, -0.1) is 0 Å². The van der Waals surface area contributed by atoms with Gasteiger partial charge >= 0.3 is 0 Å². The molecule has 6 nitrogen and oxygen atoms in total. The number of carbonyl (C=O) groups is 1. The van der Waals surface area contributed by atoms with Gasteiger partial charge in [0, 0.05) is 24.7 Å². The van der Waals surface area contributed by atoms with E-state index < -0.39 is 0 Å². The Morgan fingerprint density at radius 3 is 2.84 bits per heavy atom. The van der Waals surface area contributed by atoms with E-state index in [1.165, 1.54) is 5.56 Å². The molecular formula is C19H25N3O3. The maximum absolute atomic E-state index is 12.0. The summed E-state index contributed by atoms with van der Waals surface area (Å²) < 4.78 is 11.1. The minimum atomic E-state index is -0.127. The van der Waals surface area contributed by atoms with Crippen LogP contribution in [0.2, 0.25) is 0 Å². The van der Waals surface area contributed by atoms with Gasteiger partial charge in [0.1, 0.15) is 11.9 Å². The highest BCUT2D eigenvalue weighted by Gasteiger charge is 2.23. The fraction of sp³-hybridized carbons (Fsp3) is 0.526. The number of nitrogens with one attached hydrogen (secondary N) is 1. The molecule has 1 aliphatic heterocycles. The van der Waals surface area contributed by atoms with Gasteiger partial charge in [-0.05, 0) is 18.1 Å². The molecular weight excluding hydrogens is 318 g/mol. The van der Waals surface area contributed by atoms with Crippen molar-refractivity contribution in [1.82, 2.24) is 15.5 Å². The Bertz CT molecular complexity index is 709. The highest BCUT2D eigenvalue weighted by atomic mass is 16.5. The molecule has 0 spiro atoms. The molecule has 0 bridgehead atoms. The Kier molecular flexibility index (Phi) is 5.06. The molecule has 1 atom stereocenters. The van der Waals surface area contributed by atoms with Crippen LogP contribution in [-0.2, 0) is 23.1 Å². The molecule has 3 rings (SSSR count). The largest absolute Gasteiger partial charge is 0.488 e. The summed E-state index contributed by atoms with van der Waals surface area (Å²) in [7, 11) is 0. The third-order valence-corrected chi connectivity index (χ3v) is 4.17. The van der Waals surface area contributed by atoms with Gasteiger partial charge in [-0.1, -0.05) is 44.1 Å². The molecule has 0 fully saturated rings. The number of nitrogens with zero attached hydrogens (tertiary/aromatic N) is 2. The summed E-state index contributed by atoms with van der Waals surface area (Å²) in [5.41, 5.74) is 1.07. The average molecular weight is 343 g/mol. The molecule has 1 aromatic carbocycles. The van der Waals surface area contributed by atoms with Gasteiger partial charge in [0.05, 0.1) is 6.54 Å². The Morgan fingerprint density at radius 2 is 2.12 bits per heavy atom. The van der Waals surface area contributed by atoms with E-state index in [1.54, 1.807) is 0 Å². The van der Waals surface area contributed by atoms with E-state index in [0.29, 0.717) is 37.5 Å². The van der Waals surface area contributed by atoms with Gasteiger partial charge in [-0.3, -0.25) is 4.79 Å². The lowest BCUT2D eigenvalue weighted by atomic mass is 9.96. The van der Waals surface area contributed by atoms with Gasteiger partial charge in [0.2, 0.25) is 11.8 Å². The van der Waals surface area contributed by atoms with Crippen LogP contribution in [0.5, 0.6) is 5.75 Å². The average Bonchev–Trinajstić information content (AvgIpc) is 3.19. The fourth-order valence-corrected chi connectivity index (χ4v) is 2.75. The number of para-hydroxylation sites is 1. The number of ether oxygens (including phenoxy) is 1. The fourth-order valence-electron chi connectivity index (χ4n) is 2.75. The second-order valence-corrected chi connectivity index (χ2v) is 7.47. The van der Waals surface area contributed by atoms with E-state index >= 15 is 0 Å². The zero-order chi connectivity index (χ0) is 17.9. The van der Waals surface area contributed by atoms with Crippen molar-refractivity contribution in [3.63, 3.8) is 0 Å². The zero-order valence-corrected chi connectivity index (χ0v) is 15.0. The van der Waals surface area contributed by atoms with Crippen LogP contribution >= 0.6 is 0 Å². The van der Waals surface area contributed by atoms with Crippen LogP contribution in [0.3, 0.4) is 0 Å². The normalized spacial score (nSPS) is 16.4. The van der Waals surface area contributed by atoms with Gasteiger partial charge in [0.25, 0.3) is 0 Å². The lowest BCUT2D eigenvalue weighted by Crippen LogP contribution is -2.34. The highest BCUT2D eigenvalue weighted by molar-refractivity contribution is 5.75. The second kappa shape index (κ2) is 7.25. The molecule has 0 radical (unpaired) electrons. The number of fused-ring (bicyclic) bond motifs is 1. The third-order valence-electron chi connectivity index (χ3n) is 4.17. The van der Waals surface area contributed by atoms with E-state index in [4.69, 9.17) is 9.26 Å². The van der Waals surface area contributed by atoms with Gasteiger partial charge in [0.15, 0.2) is 5.82 Å². The molecule has 2 heterocycles. The van der Waals surface area contributed by atoms with Crippen molar-refractivity contribution >= 4 is 5.91 Å². The predicted molar refractivity (Wildman–Crippen MR) is 93.5 cm³/mol. The number of carbonyl (C=O) groups excluding carboxylic acids is 1. The van der Waals surface area contributed by atoms with Crippen molar-refractivity contribution in [1.29, 1.82) is 0 Å². The van der Waals surface area contributed by atoms with Crippen molar-refractivity contribution in [3.05, 3.63) is 41.5 Å². The number of hydrogen-bond donors (Lipinski definition) is 1. The third kappa shape index (κ3) is 4.59. The minimum absolute atomic E-state index is 0.0200. The molecule has 25 heavy (non-hydrogen) atoms. The topological polar surface area (TPSA) is 77.2 Å². The number of aryl methyl sites for hydroxylation is 1. The Labute approximate surface area is 148 Å². The van der Waals surface area contributed by atoms with Crippen LogP contribution in [0, 0.1) is 0 Å². The van der Waals surface area contributed by atoms with E-state index in [9.17, 15) is 4.79 Å². The van der Waals surface area contributed by atoms with Crippen molar-refractivity contribution in [3.8, 4) is 5.75 Å². The number of rotatable bonds is 6. The number of aromatic nitrogens is 2. The summed E-state index contributed by atoms with van der Waals surface area (Å²) in [5, 5.41) is 6.93. The molecule has 0 saturated heterocycles. The summed E-state index contributed by atoms with van der Waals surface area (Å²) in [6, 6.07) is 7.99. The monoisotopic (exact) mass is 343 g/mol. The molecule has 1 N–H and O–H groups in total. The summed E-state index contributed by atoms with van der Waals surface area (Å²) in [6.45, 7) is 6.65. The maximum atomic E-state index is 12.0. The van der Waals surface area contributed by atoms with E-state index in [0.717, 1.165) is 12.2 Å². The number of amides is 1. The molecule has 1 amide bonds. The predicted octanol–water partition coefficient (Wildman–Crippen LogP) is 2.81. The number of benzene rings is 1. The van der Waals surface area contributed by atoms with Gasteiger partial charge < -0.3 is 14.6 Å². The van der Waals surface area contributed by atoms with Gasteiger partial charge in [-0.2, -0.15) is 4.98 Å². The van der Waals surface area contributed by atoms with E-state index in [-0.39, 0.29) is 17.4 Å². The standard InChI is InChI=1S/C19H25N3O3/c1-19(2,3)18-21-17(25-22-18)10-6-9-16(23)20-12-14-11-13-7-4-5-8-15(13)24-14/h4-5,7-8,14H,6,9-12H2,1-3H3,(H,20,23). The molecule has 1 aliphatic rings. The lowest BCUT2D eigenvalue weighted by molar-refractivity contribution is -0.121. The number of hydrogen-bond acceptors (Lipinski definition) is 5. The minimum Gasteiger partial charge on any atom is -0.488 e. The Balaban J connectivity index is 1.36. The molecule has 6 heteroatoms. The van der Waals surface area contributed by atoms with E-state index in [1.807, 2.05) is 39.0 Å². The Morgan fingerprint density at radius 1 is 1.32 bits per heavy atom. The molecule has 1 unspecified atom stereocenters. The lowest BCUT2D eigenvalue weighted by Gasteiger charge is -2.11. The second-order valence-electron chi connectivity index (χ2n) is 7.47. The summed E-state index contributed by atoms with van der Waals surface area (Å²) in [4.78, 5) is 16.4. The van der Waals surface area contributed by atoms with Crippen LogP contribution in [0.1, 0.15) is 50.9 Å². The smallest absolute Gasteiger partial charge is 0.226 e. The van der Waals surface area contributed by atoms with Crippen molar-refractivity contribution in [2.45, 2.75) is 58.0 Å². The molecule has 134 valence electrons. The first-order valence-electron chi connectivity index (χ1n) is 8.76. The molecule has 1 aromatic heterocycles. The summed E-state index contributed by atoms with van der Waals surface area (Å²) in [6.07, 6.45) is 2.60. The molecule has 2 aromatic rings. The van der Waals surface area contributed by atoms with Crippen LogP contribution in [0.15, 0.2) is 28.8 Å². The highest BCUT2D eigenvalue weighted by Crippen LogP contribution is 2.27. The van der Waals surface area contributed by atoms with Crippen molar-refractivity contribution in [2.75, 3.05) is 6.54 Å². The molecule has 0 aliphatic carbocycles. The van der Waals surface area contributed by atoms with Crippen LogP contribution < -0.4 is 10.1 Å². The van der Waals surface area contributed by atoms with Gasteiger partial charge in [-0.25, -0.2) is 0 Å². The van der Waals surface area contributed by atoms with Crippen LogP contribution in [0.4, 0.5) is 0 Å². The zero-order valence-electron chi connectivity index (χ0n) is 15.0. The first-order chi connectivity index (χ1) is 11.9.